The van der Waals surface area contributed by atoms with Crippen molar-refractivity contribution in [1.82, 2.24) is 0 Å². The summed E-state index contributed by atoms with van der Waals surface area (Å²) in [6.45, 7) is 0. The van der Waals surface area contributed by atoms with Gasteiger partial charge in [-0.1, -0.05) is 23.2 Å². The van der Waals surface area contributed by atoms with Crippen molar-refractivity contribution in [3.63, 3.8) is 0 Å². The highest BCUT2D eigenvalue weighted by Crippen LogP contribution is 2.34. The number of nitrogens with one attached hydrogen (secondary N) is 1. The molecule has 0 amide bonds. The molecule has 0 saturated carbocycles. The minimum Gasteiger partial charge on any atom is -0.505 e. The molecule has 0 heterocycles. The monoisotopic (exact) mass is 303 g/mol. The highest BCUT2D eigenvalue weighted by atomic mass is 35.5. The van der Waals surface area contributed by atoms with E-state index >= 15 is 0 Å². The van der Waals surface area contributed by atoms with Gasteiger partial charge in [-0.2, -0.15) is 0 Å². The van der Waals surface area contributed by atoms with Gasteiger partial charge in [-0.05, 0) is 12.1 Å². The Morgan fingerprint density at radius 1 is 1.25 bits per heavy atom. The molecule has 1 rings (SSSR count). The van der Waals surface area contributed by atoms with E-state index in [1.165, 1.54) is 12.1 Å². The first-order chi connectivity index (χ1) is 7.35. The number of halogens is 3. The van der Waals surface area contributed by atoms with Crippen molar-refractivity contribution in [3.8, 4) is 5.75 Å². The van der Waals surface area contributed by atoms with Crippen LogP contribution in [-0.2, 0) is 10.0 Å². The number of anilines is 1. The van der Waals surface area contributed by atoms with Crippen LogP contribution in [0, 0.1) is 0 Å². The Morgan fingerprint density at radius 3 is 2.19 bits per heavy atom. The Bertz CT molecular complexity index is 466. The molecule has 0 aliphatic heterocycles. The van der Waals surface area contributed by atoms with E-state index in [4.69, 9.17) is 34.8 Å². The number of phenolic OH excluding ortho intramolecular Hbond substituents is 1. The van der Waals surface area contributed by atoms with Crippen LogP contribution < -0.4 is 4.72 Å². The standard InChI is InChI=1S/C8H8Cl3NO3S/c9-1-2-16(14,15)12-5-3-6(10)8(13)7(11)4-5/h3-4,12-13H,1-2H2. The maximum Gasteiger partial charge on any atom is 0.233 e. The van der Waals surface area contributed by atoms with Gasteiger partial charge in [-0.3, -0.25) is 4.72 Å². The second-order valence-corrected chi connectivity index (χ2v) is 5.93. The minimum atomic E-state index is -3.51. The summed E-state index contributed by atoms with van der Waals surface area (Å²) < 4.78 is 25.0. The predicted octanol–water partition coefficient (Wildman–Crippen LogP) is 2.68. The second kappa shape index (κ2) is 5.31. The van der Waals surface area contributed by atoms with Gasteiger partial charge in [0.25, 0.3) is 0 Å². The first kappa shape index (κ1) is 13.7. The number of phenols is 1. The predicted molar refractivity (Wildman–Crippen MR) is 66.3 cm³/mol. The lowest BCUT2D eigenvalue weighted by Gasteiger charge is -2.08. The van der Waals surface area contributed by atoms with E-state index in [0.29, 0.717) is 0 Å². The van der Waals surface area contributed by atoms with Crippen molar-refractivity contribution >= 4 is 50.5 Å². The summed E-state index contributed by atoms with van der Waals surface area (Å²) >= 11 is 16.6. The molecule has 0 aromatic heterocycles. The highest BCUT2D eigenvalue weighted by molar-refractivity contribution is 7.92. The molecular weight excluding hydrogens is 297 g/mol. The average Bonchev–Trinajstić information content (AvgIpc) is 2.13. The lowest BCUT2D eigenvalue weighted by molar-refractivity contribution is 0.476. The molecule has 16 heavy (non-hydrogen) atoms. The van der Waals surface area contributed by atoms with Crippen molar-refractivity contribution < 1.29 is 13.5 Å². The number of alkyl halides is 1. The second-order valence-electron chi connectivity index (χ2n) is 2.90. The van der Waals surface area contributed by atoms with Gasteiger partial charge in [-0.25, -0.2) is 8.42 Å². The van der Waals surface area contributed by atoms with Crippen LogP contribution in [0.5, 0.6) is 5.75 Å². The third-order valence-corrected chi connectivity index (χ3v) is 3.91. The Labute approximate surface area is 108 Å². The van der Waals surface area contributed by atoms with Crippen molar-refractivity contribution in [3.05, 3.63) is 22.2 Å². The summed E-state index contributed by atoms with van der Waals surface area (Å²) in [7, 11) is -3.51. The van der Waals surface area contributed by atoms with Crippen molar-refractivity contribution in [2.45, 2.75) is 0 Å². The number of hydrogen-bond donors (Lipinski definition) is 2. The van der Waals surface area contributed by atoms with E-state index in [0.717, 1.165) is 0 Å². The molecule has 0 aliphatic rings. The zero-order valence-corrected chi connectivity index (χ0v) is 11.0. The lowest BCUT2D eigenvalue weighted by Crippen LogP contribution is -2.17. The lowest BCUT2D eigenvalue weighted by atomic mass is 10.3. The topological polar surface area (TPSA) is 66.4 Å². The van der Waals surface area contributed by atoms with Crippen LogP contribution in [0.2, 0.25) is 10.0 Å². The molecule has 1 aromatic carbocycles. The number of hydrogen-bond acceptors (Lipinski definition) is 3. The van der Waals surface area contributed by atoms with Crippen LogP contribution in [0.25, 0.3) is 0 Å². The first-order valence-electron chi connectivity index (χ1n) is 4.10. The number of sulfonamides is 1. The molecule has 1 aromatic rings. The van der Waals surface area contributed by atoms with E-state index in [9.17, 15) is 13.5 Å². The minimum absolute atomic E-state index is 0.0190. The maximum absolute atomic E-state index is 11.4. The fourth-order valence-electron chi connectivity index (χ4n) is 0.957. The molecule has 0 fully saturated rings. The molecule has 8 heteroatoms. The molecule has 90 valence electrons. The van der Waals surface area contributed by atoms with Crippen LogP contribution in [0.1, 0.15) is 0 Å². The van der Waals surface area contributed by atoms with Gasteiger partial charge in [-0.15, -0.1) is 11.6 Å². The van der Waals surface area contributed by atoms with Crippen molar-refractivity contribution in [2.24, 2.45) is 0 Å². The van der Waals surface area contributed by atoms with Crippen LogP contribution >= 0.6 is 34.8 Å². The maximum atomic E-state index is 11.4. The average molecular weight is 305 g/mol. The summed E-state index contributed by atoms with van der Waals surface area (Å²) in [4.78, 5) is 0. The van der Waals surface area contributed by atoms with Gasteiger partial charge in [0.05, 0.1) is 21.5 Å². The molecule has 0 unspecified atom stereocenters. The zero-order chi connectivity index (χ0) is 12.3. The van der Waals surface area contributed by atoms with Gasteiger partial charge < -0.3 is 5.11 Å². The van der Waals surface area contributed by atoms with Crippen molar-refractivity contribution in [1.29, 1.82) is 0 Å². The van der Waals surface area contributed by atoms with E-state index < -0.39 is 10.0 Å². The Balaban J connectivity index is 2.99. The molecular formula is C8H8Cl3NO3S. The fraction of sp³-hybridized carbons (Fsp3) is 0.250. The normalized spacial score (nSPS) is 11.4. The molecule has 4 nitrogen and oxygen atoms in total. The summed E-state index contributed by atoms with van der Waals surface area (Å²) in [6, 6.07) is 2.52. The van der Waals surface area contributed by atoms with E-state index in [1.54, 1.807) is 0 Å². The Kier molecular flexibility index (Phi) is 4.55. The number of aromatic hydroxyl groups is 1. The Morgan fingerprint density at radius 2 is 1.75 bits per heavy atom. The van der Waals surface area contributed by atoms with E-state index in [-0.39, 0.29) is 33.1 Å². The summed E-state index contributed by atoms with van der Waals surface area (Å²) in [6.07, 6.45) is 0. The SMILES string of the molecule is O=S(=O)(CCCl)Nc1cc(Cl)c(O)c(Cl)c1. The van der Waals surface area contributed by atoms with Crippen molar-refractivity contribution in [2.75, 3.05) is 16.4 Å². The summed E-state index contributed by atoms with van der Waals surface area (Å²) in [5.41, 5.74) is 0.179. The van der Waals surface area contributed by atoms with Crippen LogP contribution in [0.15, 0.2) is 12.1 Å². The van der Waals surface area contributed by atoms with Gasteiger partial charge in [0.2, 0.25) is 10.0 Å². The smallest absolute Gasteiger partial charge is 0.233 e. The Hall–Kier alpha value is -0.360. The summed E-state index contributed by atoms with van der Waals surface area (Å²) in [5.74, 6) is -0.525. The van der Waals surface area contributed by atoms with Gasteiger partial charge in [0.15, 0.2) is 5.75 Å². The van der Waals surface area contributed by atoms with Crippen LogP contribution in [-0.4, -0.2) is 25.2 Å². The van der Waals surface area contributed by atoms with Gasteiger partial charge >= 0.3 is 0 Å². The molecule has 0 aliphatic carbocycles. The third-order valence-electron chi connectivity index (χ3n) is 1.64. The molecule has 0 radical (unpaired) electrons. The van der Waals surface area contributed by atoms with Gasteiger partial charge in [0, 0.05) is 5.88 Å². The van der Waals surface area contributed by atoms with Crippen LogP contribution in [0.4, 0.5) is 5.69 Å². The molecule has 0 spiro atoms. The van der Waals surface area contributed by atoms with Gasteiger partial charge in [0.1, 0.15) is 0 Å². The first-order valence-corrected chi connectivity index (χ1v) is 7.04. The fourth-order valence-corrected chi connectivity index (χ4v) is 2.84. The third kappa shape index (κ3) is 3.59. The van der Waals surface area contributed by atoms with Crippen LogP contribution in [0.3, 0.4) is 0 Å². The largest absolute Gasteiger partial charge is 0.505 e. The van der Waals surface area contributed by atoms with E-state index in [2.05, 4.69) is 4.72 Å². The molecule has 0 saturated heterocycles. The summed E-state index contributed by atoms with van der Waals surface area (Å²) in [5, 5.41) is 9.21. The number of rotatable bonds is 4. The molecule has 0 bridgehead atoms. The quantitative estimate of drug-likeness (QED) is 0.664. The molecule has 2 N–H and O–H groups in total. The number of benzene rings is 1. The molecule has 0 atom stereocenters. The van der Waals surface area contributed by atoms with E-state index in [1.807, 2.05) is 0 Å². The highest BCUT2D eigenvalue weighted by Gasteiger charge is 2.12. The zero-order valence-electron chi connectivity index (χ0n) is 7.87.